The van der Waals surface area contributed by atoms with E-state index in [0.29, 0.717) is 22.2 Å². The minimum Gasteiger partial charge on any atom is -0.351 e. The van der Waals surface area contributed by atoms with Crippen LogP contribution in [0.2, 0.25) is 5.02 Å². The molecule has 0 spiro atoms. The minimum atomic E-state index is -0.0933. The Balaban J connectivity index is 1.51. The van der Waals surface area contributed by atoms with Gasteiger partial charge in [-0.25, -0.2) is 4.98 Å². The van der Waals surface area contributed by atoms with Gasteiger partial charge < -0.3 is 5.32 Å². The lowest BCUT2D eigenvalue weighted by Gasteiger charge is -2.08. The maximum absolute atomic E-state index is 12.3. The molecule has 0 aliphatic rings. The number of thioether (sulfide) groups is 1. The number of para-hydroxylation sites is 2. The van der Waals surface area contributed by atoms with Crippen LogP contribution in [0, 0.1) is 6.92 Å². The number of hydrogen-bond donors (Lipinski definition) is 1. The van der Waals surface area contributed by atoms with Crippen LogP contribution in [0.4, 0.5) is 0 Å². The number of nitrogens with zero attached hydrogens (tertiary/aromatic N) is 4. The maximum Gasteiger partial charge on any atom is 0.230 e. The number of benzene rings is 2. The zero-order valence-corrected chi connectivity index (χ0v) is 16.1. The zero-order chi connectivity index (χ0) is 18.8. The average molecular weight is 398 g/mol. The molecular formula is C19H16ClN5OS. The molecule has 8 heteroatoms. The van der Waals surface area contributed by atoms with Crippen LogP contribution < -0.4 is 5.32 Å². The Labute approximate surface area is 165 Å². The van der Waals surface area contributed by atoms with Gasteiger partial charge in [0.05, 0.1) is 16.8 Å². The summed E-state index contributed by atoms with van der Waals surface area (Å²) in [6.45, 7) is 2.29. The Morgan fingerprint density at radius 1 is 1.15 bits per heavy atom. The highest BCUT2D eigenvalue weighted by atomic mass is 35.5. The number of nitrogens with one attached hydrogen (secondary N) is 1. The van der Waals surface area contributed by atoms with Gasteiger partial charge in [0.2, 0.25) is 5.91 Å². The van der Waals surface area contributed by atoms with Crippen molar-refractivity contribution < 1.29 is 4.79 Å². The Bertz CT molecular complexity index is 1140. The number of halogens is 1. The van der Waals surface area contributed by atoms with Crippen LogP contribution in [0.25, 0.3) is 16.7 Å². The Morgan fingerprint density at radius 3 is 2.78 bits per heavy atom. The molecule has 4 aromatic rings. The molecule has 0 atom stereocenters. The van der Waals surface area contributed by atoms with E-state index in [9.17, 15) is 4.79 Å². The number of rotatable bonds is 5. The van der Waals surface area contributed by atoms with Gasteiger partial charge in [0.25, 0.3) is 0 Å². The molecule has 0 fully saturated rings. The molecule has 2 heterocycles. The number of hydrogen-bond acceptors (Lipinski definition) is 5. The van der Waals surface area contributed by atoms with Gasteiger partial charge in [0.1, 0.15) is 10.9 Å². The van der Waals surface area contributed by atoms with Crippen molar-refractivity contribution in [3.8, 4) is 0 Å². The molecule has 0 saturated heterocycles. The van der Waals surface area contributed by atoms with E-state index in [1.165, 1.54) is 11.8 Å². The summed E-state index contributed by atoms with van der Waals surface area (Å²) >= 11 is 7.47. The number of carbonyl (C=O) groups is 1. The van der Waals surface area contributed by atoms with Crippen molar-refractivity contribution in [3.05, 3.63) is 64.9 Å². The van der Waals surface area contributed by atoms with Crippen LogP contribution in [0.1, 0.15) is 11.4 Å². The first-order valence-electron chi connectivity index (χ1n) is 8.37. The van der Waals surface area contributed by atoms with Gasteiger partial charge in [-0.3, -0.25) is 9.20 Å². The Kier molecular flexibility index (Phi) is 4.96. The number of amides is 1. The van der Waals surface area contributed by atoms with E-state index in [1.807, 2.05) is 53.8 Å². The molecule has 136 valence electrons. The van der Waals surface area contributed by atoms with Crippen LogP contribution >= 0.6 is 23.4 Å². The molecule has 0 radical (unpaired) electrons. The molecule has 2 aromatic heterocycles. The van der Waals surface area contributed by atoms with Crippen molar-refractivity contribution in [1.29, 1.82) is 0 Å². The highest BCUT2D eigenvalue weighted by molar-refractivity contribution is 8.00. The zero-order valence-electron chi connectivity index (χ0n) is 14.5. The number of carbonyl (C=O) groups excluding carboxylic acids is 1. The molecule has 0 unspecified atom stereocenters. The fraction of sp³-hybridized carbons (Fsp3) is 0.158. The standard InChI is InChI=1S/C19H16ClN5OS/c1-12-23-24-18-19(22-15-8-4-5-9-16(15)25(12)18)27-11-17(26)21-10-13-6-2-3-7-14(13)20/h2-9H,10-11H2,1H3,(H,21,26). The fourth-order valence-electron chi connectivity index (χ4n) is 2.81. The highest BCUT2D eigenvalue weighted by Gasteiger charge is 2.14. The molecule has 1 amide bonds. The van der Waals surface area contributed by atoms with E-state index in [1.54, 1.807) is 6.07 Å². The third-order valence-electron chi connectivity index (χ3n) is 4.13. The monoisotopic (exact) mass is 397 g/mol. The largest absolute Gasteiger partial charge is 0.351 e. The van der Waals surface area contributed by atoms with Gasteiger partial charge in [-0.05, 0) is 30.7 Å². The third-order valence-corrected chi connectivity index (χ3v) is 5.46. The molecule has 0 bridgehead atoms. The summed E-state index contributed by atoms with van der Waals surface area (Å²) < 4.78 is 1.96. The van der Waals surface area contributed by atoms with Gasteiger partial charge in [-0.2, -0.15) is 0 Å². The minimum absolute atomic E-state index is 0.0933. The first-order valence-corrected chi connectivity index (χ1v) is 9.73. The summed E-state index contributed by atoms with van der Waals surface area (Å²) in [4.78, 5) is 16.9. The van der Waals surface area contributed by atoms with Crippen molar-refractivity contribution in [2.24, 2.45) is 0 Å². The van der Waals surface area contributed by atoms with Crippen molar-refractivity contribution >= 4 is 46.0 Å². The summed E-state index contributed by atoms with van der Waals surface area (Å²) in [6.07, 6.45) is 0. The third kappa shape index (κ3) is 3.61. The van der Waals surface area contributed by atoms with Gasteiger partial charge in [-0.15, -0.1) is 10.2 Å². The van der Waals surface area contributed by atoms with Crippen LogP contribution in [0.3, 0.4) is 0 Å². The smallest absolute Gasteiger partial charge is 0.230 e. The fourth-order valence-corrected chi connectivity index (χ4v) is 3.81. The molecule has 4 rings (SSSR count). The quantitative estimate of drug-likeness (QED) is 0.520. The highest BCUT2D eigenvalue weighted by Crippen LogP contribution is 2.25. The number of aryl methyl sites for hydroxylation is 1. The Morgan fingerprint density at radius 2 is 1.93 bits per heavy atom. The predicted octanol–water partition coefficient (Wildman–Crippen LogP) is 3.65. The number of aromatic nitrogens is 4. The summed E-state index contributed by atoms with van der Waals surface area (Å²) in [5, 5.41) is 12.6. The second kappa shape index (κ2) is 7.54. The SMILES string of the molecule is Cc1nnc2c(SCC(=O)NCc3ccccc3Cl)nc3ccccc3n12. The first kappa shape index (κ1) is 17.8. The van der Waals surface area contributed by atoms with E-state index in [4.69, 9.17) is 11.6 Å². The first-order chi connectivity index (χ1) is 13.1. The van der Waals surface area contributed by atoms with Crippen LogP contribution in [-0.4, -0.2) is 31.2 Å². The van der Waals surface area contributed by atoms with Crippen LogP contribution in [0.5, 0.6) is 0 Å². The molecular weight excluding hydrogens is 382 g/mol. The predicted molar refractivity (Wildman–Crippen MR) is 107 cm³/mol. The van der Waals surface area contributed by atoms with Crippen LogP contribution in [-0.2, 0) is 11.3 Å². The van der Waals surface area contributed by atoms with Gasteiger partial charge >= 0.3 is 0 Å². The maximum atomic E-state index is 12.3. The molecule has 2 aromatic carbocycles. The van der Waals surface area contributed by atoms with Crippen LogP contribution in [0.15, 0.2) is 53.6 Å². The van der Waals surface area contributed by atoms with Crippen molar-refractivity contribution in [1.82, 2.24) is 24.9 Å². The van der Waals surface area contributed by atoms with Gasteiger partial charge in [0.15, 0.2) is 5.65 Å². The topological polar surface area (TPSA) is 72.2 Å². The van der Waals surface area contributed by atoms with E-state index in [2.05, 4.69) is 20.5 Å². The van der Waals surface area contributed by atoms with E-state index < -0.39 is 0 Å². The second-order valence-electron chi connectivity index (χ2n) is 5.97. The molecule has 0 aliphatic heterocycles. The van der Waals surface area contributed by atoms with E-state index in [0.717, 1.165) is 22.4 Å². The summed E-state index contributed by atoms with van der Waals surface area (Å²) in [5.74, 6) is 0.926. The lowest BCUT2D eigenvalue weighted by atomic mass is 10.2. The average Bonchev–Trinajstić information content (AvgIpc) is 3.08. The number of fused-ring (bicyclic) bond motifs is 3. The lowest BCUT2D eigenvalue weighted by molar-refractivity contribution is -0.118. The summed E-state index contributed by atoms with van der Waals surface area (Å²) in [6, 6.07) is 15.3. The van der Waals surface area contributed by atoms with Gasteiger partial charge in [-0.1, -0.05) is 53.7 Å². The van der Waals surface area contributed by atoms with E-state index in [-0.39, 0.29) is 11.7 Å². The molecule has 1 N–H and O–H groups in total. The summed E-state index contributed by atoms with van der Waals surface area (Å²) in [7, 11) is 0. The van der Waals surface area contributed by atoms with E-state index >= 15 is 0 Å². The molecule has 0 saturated carbocycles. The van der Waals surface area contributed by atoms with Crippen molar-refractivity contribution in [2.75, 3.05) is 5.75 Å². The van der Waals surface area contributed by atoms with Crippen molar-refractivity contribution in [2.45, 2.75) is 18.5 Å². The summed E-state index contributed by atoms with van der Waals surface area (Å²) in [5.41, 5.74) is 3.33. The molecule has 27 heavy (non-hydrogen) atoms. The lowest BCUT2D eigenvalue weighted by Crippen LogP contribution is -2.24. The molecule has 6 nitrogen and oxygen atoms in total. The van der Waals surface area contributed by atoms with Crippen molar-refractivity contribution in [3.63, 3.8) is 0 Å². The normalized spacial score (nSPS) is 11.2. The van der Waals surface area contributed by atoms with Gasteiger partial charge in [0, 0.05) is 11.6 Å². The Hall–Kier alpha value is -2.64. The second-order valence-corrected chi connectivity index (χ2v) is 7.34. The molecule has 0 aliphatic carbocycles.